The highest BCUT2D eigenvalue weighted by Gasteiger charge is 2.71. The maximum atomic E-state index is 13.1. The molecular weight excluding hydrogens is 760 g/mol. The third-order valence-corrected chi connectivity index (χ3v) is 17.3. The van der Waals surface area contributed by atoms with Crippen molar-refractivity contribution in [3.63, 3.8) is 0 Å². The summed E-state index contributed by atoms with van der Waals surface area (Å²) in [7, 11) is 0. The van der Waals surface area contributed by atoms with Crippen LogP contribution in [0.3, 0.4) is 0 Å². The van der Waals surface area contributed by atoms with Gasteiger partial charge in [-0.15, -0.1) is 0 Å². The lowest BCUT2D eigenvalue weighted by Crippen LogP contribution is -2.70. The van der Waals surface area contributed by atoms with Crippen LogP contribution in [0.1, 0.15) is 99.3 Å². The van der Waals surface area contributed by atoms with Crippen molar-refractivity contribution in [3.05, 3.63) is 11.6 Å². The molecule has 0 unspecified atom stereocenters. The fourth-order valence-electron chi connectivity index (χ4n) is 13.8. The van der Waals surface area contributed by atoms with Gasteiger partial charge in [0.2, 0.25) is 0 Å². The lowest BCUT2D eigenvalue weighted by molar-refractivity contribution is -0.373. The Labute approximate surface area is 339 Å². The standard InChI is InChI=1S/C42H66O16/c1-37(2)11-13-42(36(53)54)14-12-40(5)19(20(42)15-37)7-8-24-38(3)16-21(45)32(39(4,18-44)23(38)9-10-41(24,40)6)58-35-29(50)30(25(46)22(17-43)55-35)56-34-28(49)26(47)27(48)31(57-34)33(51)52/h7,20-32,34-35,43-50H,8-18H2,1-6H3,(H,51,52)(H,53,54)/t20-,21-,22+,23+,24+,25-,26-,27-,28+,29+,30-,31-,32-,34+,35-,38-,39-,40+,41+,42-/m0/s1. The SMILES string of the molecule is CC1(C)CC[C@]2(C(=O)O)CC[C@]3(C)C(=CC[C@@H]4[C@@]5(C)C[C@H](O)[C@H](O[C@@H]6O[C@H](CO)[C@H](O)[C@H](O[C@@H]7O[C@H](C(=O)O)[C@@H](O)[C@H](O)[C@H]7O)[C@H]6O)[C@@](C)(CO)[C@@H]5CC[C@]43C)[C@@H]2C1. The molecule has 0 amide bonds. The second kappa shape index (κ2) is 14.9. The Bertz CT molecular complexity index is 1620. The first-order chi connectivity index (χ1) is 27.0. The first-order valence-corrected chi connectivity index (χ1v) is 21.0. The molecule has 4 saturated carbocycles. The molecule has 20 atom stereocenters. The van der Waals surface area contributed by atoms with E-state index in [1.165, 1.54) is 5.57 Å². The Kier molecular flexibility index (Phi) is 11.4. The highest BCUT2D eigenvalue weighted by atomic mass is 16.7. The van der Waals surface area contributed by atoms with E-state index in [1.807, 2.05) is 6.92 Å². The van der Waals surface area contributed by atoms with E-state index in [0.717, 1.165) is 25.7 Å². The quantitative estimate of drug-likeness (QED) is 0.120. The van der Waals surface area contributed by atoms with Crippen LogP contribution in [0.25, 0.3) is 0 Å². The van der Waals surface area contributed by atoms with E-state index in [9.17, 15) is 60.7 Å². The van der Waals surface area contributed by atoms with Crippen molar-refractivity contribution in [1.82, 2.24) is 0 Å². The molecule has 58 heavy (non-hydrogen) atoms. The lowest BCUT2D eigenvalue weighted by Gasteiger charge is -2.71. The van der Waals surface area contributed by atoms with Gasteiger partial charge in [-0.1, -0.05) is 53.2 Å². The molecule has 330 valence electrons. The van der Waals surface area contributed by atoms with Gasteiger partial charge in [-0.05, 0) is 97.2 Å². The number of hydrogen-bond acceptors (Lipinski definition) is 14. The van der Waals surface area contributed by atoms with Crippen LogP contribution in [0.15, 0.2) is 11.6 Å². The van der Waals surface area contributed by atoms with Crippen molar-refractivity contribution in [3.8, 4) is 0 Å². The Morgan fingerprint density at radius 3 is 2.03 bits per heavy atom. The van der Waals surface area contributed by atoms with Crippen molar-refractivity contribution < 1.29 is 79.6 Å². The third kappa shape index (κ3) is 6.37. The van der Waals surface area contributed by atoms with Crippen molar-refractivity contribution in [1.29, 1.82) is 0 Å². The molecule has 0 aromatic carbocycles. The summed E-state index contributed by atoms with van der Waals surface area (Å²) in [5, 5.41) is 108. The molecule has 0 aromatic rings. The fourth-order valence-corrected chi connectivity index (χ4v) is 13.8. The summed E-state index contributed by atoms with van der Waals surface area (Å²) in [5.41, 5.74) is -1.62. The summed E-state index contributed by atoms with van der Waals surface area (Å²) in [6.07, 6.45) is -12.3. The Morgan fingerprint density at radius 2 is 1.41 bits per heavy atom. The number of aliphatic hydroxyl groups is 8. The van der Waals surface area contributed by atoms with Gasteiger partial charge in [0.1, 0.15) is 42.7 Å². The molecule has 16 nitrogen and oxygen atoms in total. The van der Waals surface area contributed by atoms with Gasteiger partial charge in [0.05, 0.1) is 30.8 Å². The summed E-state index contributed by atoms with van der Waals surface area (Å²) in [4.78, 5) is 24.8. The van der Waals surface area contributed by atoms with Gasteiger partial charge >= 0.3 is 11.9 Å². The predicted molar refractivity (Wildman–Crippen MR) is 201 cm³/mol. The zero-order valence-electron chi connectivity index (χ0n) is 34.4. The first kappa shape index (κ1) is 44.3. The van der Waals surface area contributed by atoms with Crippen molar-refractivity contribution in [2.45, 2.75) is 173 Å². The summed E-state index contributed by atoms with van der Waals surface area (Å²) in [6, 6.07) is 0. The second-order valence-corrected chi connectivity index (χ2v) is 20.7. The van der Waals surface area contributed by atoms with Crippen molar-refractivity contribution in [2.75, 3.05) is 13.2 Å². The molecule has 2 aliphatic heterocycles. The van der Waals surface area contributed by atoms with E-state index in [0.29, 0.717) is 25.7 Å². The number of ether oxygens (including phenoxy) is 4. The first-order valence-electron chi connectivity index (χ1n) is 21.0. The Hall–Kier alpha value is -1.80. The average Bonchev–Trinajstić information content (AvgIpc) is 3.15. The molecule has 6 fully saturated rings. The normalized spacial score (nSPS) is 53.9. The summed E-state index contributed by atoms with van der Waals surface area (Å²) < 4.78 is 23.2. The van der Waals surface area contributed by atoms with Crippen LogP contribution in [0.4, 0.5) is 0 Å². The summed E-state index contributed by atoms with van der Waals surface area (Å²) in [6.45, 7) is 12.0. The highest BCUT2D eigenvalue weighted by Crippen LogP contribution is 2.76. The minimum absolute atomic E-state index is 0.0208. The van der Waals surface area contributed by atoms with E-state index in [2.05, 4.69) is 40.7 Å². The van der Waals surface area contributed by atoms with E-state index >= 15 is 0 Å². The third-order valence-electron chi connectivity index (χ3n) is 17.3. The van der Waals surface area contributed by atoms with Crippen LogP contribution in [-0.2, 0) is 28.5 Å². The second-order valence-electron chi connectivity index (χ2n) is 20.7. The number of allylic oxidation sites excluding steroid dienone is 2. The van der Waals surface area contributed by atoms with E-state index in [-0.39, 0.29) is 40.4 Å². The molecule has 5 aliphatic carbocycles. The van der Waals surface area contributed by atoms with Crippen LogP contribution >= 0.6 is 0 Å². The zero-order valence-corrected chi connectivity index (χ0v) is 34.4. The molecule has 7 aliphatic rings. The molecular formula is C42H66O16. The van der Waals surface area contributed by atoms with Gasteiger partial charge < -0.3 is 70.0 Å². The smallest absolute Gasteiger partial charge is 0.335 e. The van der Waals surface area contributed by atoms with Gasteiger partial charge in [0.25, 0.3) is 0 Å². The zero-order chi connectivity index (χ0) is 42.7. The van der Waals surface area contributed by atoms with Gasteiger partial charge in [0.15, 0.2) is 18.7 Å². The van der Waals surface area contributed by atoms with E-state index < -0.39 is 115 Å². The van der Waals surface area contributed by atoms with Crippen LogP contribution in [0, 0.1) is 50.2 Å². The fraction of sp³-hybridized carbons (Fsp3) is 0.905. The van der Waals surface area contributed by atoms with Gasteiger partial charge in [-0.3, -0.25) is 4.79 Å². The highest BCUT2D eigenvalue weighted by molar-refractivity contribution is 5.76. The number of fused-ring (bicyclic) bond motifs is 7. The van der Waals surface area contributed by atoms with Crippen LogP contribution in [-0.4, -0.2) is 150 Å². The molecule has 7 rings (SSSR count). The van der Waals surface area contributed by atoms with Crippen molar-refractivity contribution >= 4 is 11.9 Å². The predicted octanol–water partition coefficient (Wildman–Crippen LogP) is 0.918. The minimum Gasteiger partial charge on any atom is -0.481 e. The monoisotopic (exact) mass is 826 g/mol. The molecule has 0 spiro atoms. The molecule has 2 saturated heterocycles. The molecule has 0 bridgehead atoms. The Balaban J connectivity index is 1.16. The number of aliphatic hydroxyl groups excluding tert-OH is 8. The summed E-state index contributed by atoms with van der Waals surface area (Å²) >= 11 is 0. The minimum atomic E-state index is -2.02. The molecule has 10 N–H and O–H groups in total. The van der Waals surface area contributed by atoms with Gasteiger partial charge in [-0.25, -0.2) is 4.79 Å². The van der Waals surface area contributed by atoms with Crippen LogP contribution in [0.2, 0.25) is 0 Å². The molecule has 16 heteroatoms. The maximum Gasteiger partial charge on any atom is 0.335 e. The maximum absolute atomic E-state index is 13.1. The number of carbonyl (C=O) groups is 2. The average molecular weight is 827 g/mol. The molecule has 0 aromatic heterocycles. The molecule has 2 heterocycles. The summed E-state index contributed by atoms with van der Waals surface area (Å²) in [5.74, 6) is -2.55. The number of carboxylic acids is 2. The van der Waals surface area contributed by atoms with Crippen molar-refractivity contribution in [2.24, 2.45) is 50.2 Å². The molecule has 0 radical (unpaired) electrons. The number of carboxylic acid groups (broad SMARTS) is 2. The van der Waals surface area contributed by atoms with Gasteiger partial charge in [-0.2, -0.15) is 0 Å². The number of rotatable bonds is 8. The van der Waals surface area contributed by atoms with Crippen LogP contribution in [0.5, 0.6) is 0 Å². The number of hydrogen-bond donors (Lipinski definition) is 10. The van der Waals surface area contributed by atoms with Crippen LogP contribution < -0.4 is 0 Å². The number of aliphatic carboxylic acids is 2. The lowest BCUT2D eigenvalue weighted by atomic mass is 9.33. The van der Waals surface area contributed by atoms with Gasteiger partial charge in [0, 0.05) is 5.41 Å². The Morgan fingerprint density at radius 1 is 0.759 bits per heavy atom. The van der Waals surface area contributed by atoms with E-state index in [4.69, 9.17) is 18.9 Å². The van der Waals surface area contributed by atoms with E-state index in [1.54, 1.807) is 0 Å². The largest absolute Gasteiger partial charge is 0.481 e. The topological polar surface area (TPSA) is 273 Å².